The molecule has 1 saturated carbocycles. The van der Waals surface area contributed by atoms with E-state index < -0.39 is 95.1 Å². The van der Waals surface area contributed by atoms with Crippen LogP contribution in [0.5, 0.6) is 5.75 Å². The minimum atomic E-state index is -2.69. The van der Waals surface area contributed by atoms with E-state index in [9.17, 15) is 39.0 Å². The number of methoxy groups -OCH3 is 1. The van der Waals surface area contributed by atoms with Crippen LogP contribution in [0.2, 0.25) is 0 Å². The summed E-state index contributed by atoms with van der Waals surface area (Å²) in [5.74, 6) is -4.74. The normalized spacial score (nSPS) is 26.8. The van der Waals surface area contributed by atoms with Crippen LogP contribution in [0.3, 0.4) is 0 Å². The van der Waals surface area contributed by atoms with Gasteiger partial charge in [-0.1, -0.05) is 57.2 Å². The van der Waals surface area contributed by atoms with Crippen molar-refractivity contribution in [1.82, 2.24) is 5.32 Å². The van der Waals surface area contributed by atoms with E-state index in [1.807, 2.05) is 6.07 Å². The van der Waals surface area contributed by atoms with Crippen LogP contribution in [0.4, 0.5) is 4.79 Å². The molecule has 2 aliphatic carbocycles. The minimum Gasteiger partial charge on any atom is -0.467 e. The molecule has 1 aromatic carbocycles. The number of unbranched alkanes of at least 4 members (excludes halogenated alkanes) is 6. The standard InChI is InChI=1S/C51H75NO16/c1-12-14-15-16-19-22-38(54)64-43-41-40(32(4)42(43)65-45(56)31(3)13-2)44-51(60,50(10,59)46(57)66-44)37(29-49(41,9)67-33(5)53)63-39(55)26-24-34-23-25-36(62-30-61-11)35(28-34)21-18-17-20-27-52-47(58)68-48(6,7)8/h13,23,25,28,37,41-44,59-60H,12,14-22,24,26-27,29-30H2,1-11H3,(H,52,58)/t37?,41-,42?,43+,44+,49+,50-,51-/m1/s1. The summed E-state index contributed by atoms with van der Waals surface area (Å²) in [4.78, 5) is 79.8. The molecule has 1 aromatic rings. The molecule has 8 atom stereocenters. The number of carbonyl (C=O) groups is 6. The molecule has 68 heavy (non-hydrogen) atoms. The van der Waals surface area contributed by atoms with Crippen LogP contribution >= 0.6 is 0 Å². The van der Waals surface area contributed by atoms with Crippen LogP contribution in [-0.2, 0) is 70.0 Å². The fraction of sp³-hybridized carbons (Fsp3) is 0.686. The Bertz CT molecular complexity index is 2030. The summed E-state index contributed by atoms with van der Waals surface area (Å²) >= 11 is 0. The molecule has 1 amide bonds. The highest BCUT2D eigenvalue weighted by atomic mass is 16.7. The second kappa shape index (κ2) is 24.0. The lowest BCUT2D eigenvalue weighted by Crippen LogP contribution is -2.64. The van der Waals surface area contributed by atoms with Crippen molar-refractivity contribution in [3.63, 3.8) is 0 Å². The van der Waals surface area contributed by atoms with Crippen molar-refractivity contribution in [2.75, 3.05) is 20.4 Å². The van der Waals surface area contributed by atoms with E-state index in [-0.39, 0.29) is 42.8 Å². The average molecular weight is 958 g/mol. The quantitative estimate of drug-likeness (QED) is 0.0251. The fourth-order valence-electron chi connectivity index (χ4n) is 9.31. The van der Waals surface area contributed by atoms with Crippen LogP contribution in [0.25, 0.3) is 0 Å². The Hall–Kier alpha value is -5.00. The van der Waals surface area contributed by atoms with Gasteiger partial charge in [0.25, 0.3) is 0 Å². The van der Waals surface area contributed by atoms with Crippen molar-refractivity contribution in [2.24, 2.45) is 5.92 Å². The van der Waals surface area contributed by atoms with Crippen LogP contribution < -0.4 is 10.1 Å². The Morgan fingerprint density at radius 1 is 0.912 bits per heavy atom. The first-order valence-corrected chi connectivity index (χ1v) is 23.9. The molecule has 2 fully saturated rings. The molecular weight excluding hydrogens is 883 g/mol. The smallest absolute Gasteiger partial charge is 0.407 e. The number of rotatable bonds is 23. The van der Waals surface area contributed by atoms with Gasteiger partial charge in [-0.05, 0) is 116 Å². The molecule has 2 unspecified atom stereocenters. The highest BCUT2D eigenvalue weighted by molar-refractivity contribution is 5.88. The van der Waals surface area contributed by atoms with Crippen molar-refractivity contribution in [1.29, 1.82) is 0 Å². The number of fused-ring (bicyclic) bond motifs is 3. The van der Waals surface area contributed by atoms with Gasteiger partial charge in [0, 0.05) is 45.4 Å². The molecule has 1 saturated heterocycles. The Labute approximate surface area is 400 Å². The molecule has 1 aliphatic heterocycles. The zero-order valence-corrected chi connectivity index (χ0v) is 41.9. The Balaban J connectivity index is 1.64. The van der Waals surface area contributed by atoms with Crippen molar-refractivity contribution < 1.29 is 76.9 Å². The van der Waals surface area contributed by atoms with Gasteiger partial charge in [0.2, 0.25) is 0 Å². The van der Waals surface area contributed by atoms with E-state index in [1.165, 1.54) is 21.0 Å². The predicted octanol–water partition coefficient (Wildman–Crippen LogP) is 6.98. The van der Waals surface area contributed by atoms with Crippen molar-refractivity contribution in [3.05, 3.63) is 52.1 Å². The Morgan fingerprint density at radius 2 is 1.59 bits per heavy atom. The first-order valence-electron chi connectivity index (χ1n) is 23.9. The number of nitrogens with one attached hydrogen (secondary N) is 1. The van der Waals surface area contributed by atoms with Gasteiger partial charge in [-0.25, -0.2) is 14.4 Å². The molecule has 17 nitrogen and oxygen atoms in total. The highest BCUT2D eigenvalue weighted by Crippen LogP contribution is 2.57. The fourth-order valence-corrected chi connectivity index (χ4v) is 9.31. The third-order valence-corrected chi connectivity index (χ3v) is 12.9. The lowest BCUT2D eigenvalue weighted by Gasteiger charge is -2.41. The first kappa shape index (κ1) is 55.6. The zero-order chi connectivity index (χ0) is 50.6. The maximum Gasteiger partial charge on any atom is 0.407 e. The second-order valence-corrected chi connectivity index (χ2v) is 19.5. The summed E-state index contributed by atoms with van der Waals surface area (Å²) in [6, 6.07) is 5.51. The van der Waals surface area contributed by atoms with Crippen molar-refractivity contribution in [2.45, 2.75) is 200 Å². The molecule has 380 valence electrons. The van der Waals surface area contributed by atoms with Gasteiger partial charge in [-0.2, -0.15) is 0 Å². The van der Waals surface area contributed by atoms with E-state index in [4.69, 9.17) is 37.9 Å². The van der Waals surface area contributed by atoms with Gasteiger partial charge in [0.05, 0.1) is 5.92 Å². The summed E-state index contributed by atoms with van der Waals surface area (Å²) < 4.78 is 46.5. The summed E-state index contributed by atoms with van der Waals surface area (Å²) in [6.07, 6.45) is 1.65. The third-order valence-electron chi connectivity index (χ3n) is 12.9. The number of hydrogen-bond acceptors (Lipinski definition) is 16. The molecule has 0 spiro atoms. The maximum atomic E-state index is 14.0. The Morgan fingerprint density at radius 3 is 2.24 bits per heavy atom. The lowest BCUT2D eigenvalue weighted by atomic mass is 9.75. The minimum absolute atomic E-state index is 0.0211. The monoisotopic (exact) mass is 958 g/mol. The number of carbonyl (C=O) groups excluding carboxylic acids is 6. The van der Waals surface area contributed by atoms with Gasteiger partial charge in [0.1, 0.15) is 23.1 Å². The summed E-state index contributed by atoms with van der Waals surface area (Å²) in [5.41, 5.74) is -5.51. The number of ether oxygens (including phenoxy) is 8. The molecule has 3 N–H and O–H groups in total. The molecule has 0 bridgehead atoms. The number of aryl methyl sites for hydroxylation is 2. The molecule has 4 rings (SSSR count). The molecule has 0 aromatic heterocycles. The number of amides is 1. The van der Waals surface area contributed by atoms with E-state index in [0.717, 1.165) is 63.0 Å². The van der Waals surface area contributed by atoms with Gasteiger partial charge < -0.3 is 53.4 Å². The maximum absolute atomic E-state index is 14.0. The molecule has 1 heterocycles. The summed E-state index contributed by atoms with van der Waals surface area (Å²) in [6.45, 7) is 16.5. The van der Waals surface area contributed by atoms with Crippen LogP contribution in [0.15, 0.2) is 41.0 Å². The van der Waals surface area contributed by atoms with Crippen molar-refractivity contribution in [3.8, 4) is 5.75 Å². The van der Waals surface area contributed by atoms with Crippen LogP contribution in [0.1, 0.15) is 151 Å². The number of allylic oxidation sites excluding steroid dienone is 1. The highest BCUT2D eigenvalue weighted by Gasteiger charge is 2.76. The van der Waals surface area contributed by atoms with Gasteiger partial charge in [0.15, 0.2) is 36.3 Å². The van der Waals surface area contributed by atoms with Crippen LogP contribution in [-0.4, -0.2) is 113 Å². The zero-order valence-electron chi connectivity index (χ0n) is 41.9. The number of aliphatic hydroxyl groups is 2. The first-order chi connectivity index (χ1) is 31.9. The summed E-state index contributed by atoms with van der Waals surface area (Å²) in [7, 11) is 1.52. The molecular formula is C51H75NO16. The topological polar surface area (TPSA) is 229 Å². The predicted molar refractivity (Wildman–Crippen MR) is 248 cm³/mol. The SMILES string of the molecule is CC=C(C)C(=O)OC1C(C)=C2[C@H]([C@@H]1OC(=O)CCCCCCC)[C@@](C)(OC(C)=O)CC(OC(=O)CCc1ccc(OCOC)c(CCCCCNC(=O)OC(C)(C)C)c1)[C@@]1(O)[C@H]2OC(=O)[C@@]1(C)O. The summed E-state index contributed by atoms with van der Waals surface area (Å²) in [5, 5.41) is 27.6. The average Bonchev–Trinajstić information content (AvgIpc) is 3.59. The van der Waals surface area contributed by atoms with Crippen LogP contribution in [0, 0.1) is 5.92 Å². The van der Waals surface area contributed by atoms with Crippen molar-refractivity contribution >= 4 is 35.9 Å². The van der Waals surface area contributed by atoms with Gasteiger partial charge in [-0.15, -0.1) is 0 Å². The van der Waals surface area contributed by atoms with Gasteiger partial charge in [-0.3, -0.25) is 14.4 Å². The number of hydrogen-bond donors (Lipinski definition) is 3. The van der Waals surface area contributed by atoms with E-state index >= 15 is 0 Å². The van der Waals surface area contributed by atoms with E-state index in [0.29, 0.717) is 25.1 Å². The molecule has 0 radical (unpaired) electrons. The number of alkyl carbamates (subject to hydrolysis) is 1. The second-order valence-electron chi connectivity index (χ2n) is 19.5. The number of esters is 5. The van der Waals surface area contributed by atoms with E-state index in [1.54, 1.807) is 59.8 Å². The van der Waals surface area contributed by atoms with Gasteiger partial charge >= 0.3 is 35.9 Å². The lowest BCUT2D eigenvalue weighted by molar-refractivity contribution is -0.212. The number of benzene rings is 1. The van der Waals surface area contributed by atoms with E-state index in [2.05, 4.69) is 12.2 Å². The largest absolute Gasteiger partial charge is 0.467 e. The molecule has 3 aliphatic rings. The molecule has 17 heteroatoms. The third kappa shape index (κ3) is 13.6. The Kier molecular flexibility index (Phi) is 19.6.